The number of hydrogen-bond acceptors (Lipinski definition) is 5. The number of aromatic amines is 1. The number of H-pyrrole nitrogens is 1. The number of amides is 1. The Kier molecular flexibility index (Phi) is 4.87. The maximum Gasteiger partial charge on any atom is 0.268 e. The molecule has 0 bridgehead atoms. The Labute approximate surface area is 166 Å². The Morgan fingerprint density at radius 1 is 1.14 bits per heavy atom. The van der Waals surface area contributed by atoms with Gasteiger partial charge in [-0.3, -0.25) is 14.6 Å². The number of carbonyl (C=O) groups is 1. The van der Waals surface area contributed by atoms with Crippen molar-refractivity contribution in [3.8, 4) is 11.4 Å². The minimum atomic E-state index is -0.363. The third kappa shape index (κ3) is 3.75. The maximum absolute atomic E-state index is 12.7. The van der Waals surface area contributed by atoms with Gasteiger partial charge in [-0.15, -0.1) is 0 Å². The van der Waals surface area contributed by atoms with Crippen LogP contribution < -0.4 is 10.7 Å². The highest BCUT2D eigenvalue weighted by atomic mass is 16.2. The van der Waals surface area contributed by atoms with Crippen LogP contribution in [0.2, 0.25) is 0 Å². The number of carbonyl (C=O) groups excluding carboxylic acids is 1. The van der Waals surface area contributed by atoms with E-state index in [4.69, 9.17) is 0 Å². The lowest BCUT2D eigenvalue weighted by Crippen LogP contribution is -2.29. The molecule has 0 saturated carbocycles. The van der Waals surface area contributed by atoms with E-state index in [2.05, 4.69) is 25.3 Å². The Balaban J connectivity index is 1.57. The molecule has 1 atom stereocenters. The summed E-state index contributed by atoms with van der Waals surface area (Å²) in [4.78, 5) is 40.9. The number of aromatic nitrogens is 4. The van der Waals surface area contributed by atoms with E-state index in [0.29, 0.717) is 16.7 Å². The fraction of sp³-hybridized carbons (Fsp3) is 0.136. The quantitative estimate of drug-likeness (QED) is 0.562. The summed E-state index contributed by atoms with van der Waals surface area (Å²) in [6.45, 7) is 3.73. The SMILES string of the molecule is Cc1nc(-c2ccncc2)ncc1C(C)NC(=O)c1cc(=O)c2ccccc2[nH]1. The number of fused-ring (bicyclic) bond motifs is 1. The van der Waals surface area contributed by atoms with Crippen molar-refractivity contribution in [2.45, 2.75) is 19.9 Å². The van der Waals surface area contributed by atoms with Crippen LogP contribution >= 0.6 is 0 Å². The van der Waals surface area contributed by atoms with Gasteiger partial charge >= 0.3 is 0 Å². The molecule has 0 aliphatic rings. The Morgan fingerprint density at radius 3 is 2.66 bits per heavy atom. The summed E-state index contributed by atoms with van der Waals surface area (Å²) in [7, 11) is 0. The monoisotopic (exact) mass is 385 g/mol. The van der Waals surface area contributed by atoms with E-state index in [1.165, 1.54) is 6.07 Å². The number of pyridine rings is 2. The molecule has 2 N–H and O–H groups in total. The van der Waals surface area contributed by atoms with Crippen molar-refractivity contribution < 1.29 is 4.79 Å². The summed E-state index contributed by atoms with van der Waals surface area (Å²) in [5, 5.41) is 3.45. The molecule has 0 radical (unpaired) electrons. The number of para-hydroxylation sites is 1. The maximum atomic E-state index is 12.7. The molecular weight excluding hydrogens is 366 g/mol. The zero-order valence-electron chi connectivity index (χ0n) is 16.0. The summed E-state index contributed by atoms with van der Waals surface area (Å²) < 4.78 is 0. The van der Waals surface area contributed by atoms with Crippen molar-refractivity contribution in [1.29, 1.82) is 0 Å². The van der Waals surface area contributed by atoms with Crippen LogP contribution in [-0.2, 0) is 0 Å². The van der Waals surface area contributed by atoms with Crippen molar-refractivity contribution in [2.24, 2.45) is 0 Å². The predicted molar refractivity (Wildman–Crippen MR) is 110 cm³/mol. The van der Waals surface area contributed by atoms with Gasteiger partial charge in [-0.05, 0) is 38.1 Å². The second-order valence-corrected chi connectivity index (χ2v) is 6.76. The molecule has 144 valence electrons. The van der Waals surface area contributed by atoms with Gasteiger partial charge in [0, 0.05) is 52.4 Å². The molecule has 0 saturated heterocycles. The van der Waals surface area contributed by atoms with Crippen LogP contribution in [0.3, 0.4) is 0 Å². The van der Waals surface area contributed by atoms with E-state index in [1.54, 1.807) is 36.8 Å². The Hall–Kier alpha value is -3.87. The molecule has 3 heterocycles. The zero-order valence-corrected chi connectivity index (χ0v) is 16.0. The van der Waals surface area contributed by atoms with Gasteiger partial charge in [0.15, 0.2) is 11.3 Å². The van der Waals surface area contributed by atoms with Crippen LogP contribution in [0, 0.1) is 6.92 Å². The molecule has 1 amide bonds. The Bertz CT molecular complexity index is 1250. The number of nitrogens with one attached hydrogen (secondary N) is 2. The van der Waals surface area contributed by atoms with E-state index >= 15 is 0 Å². The van der Waals surface area contributed by atoms with Gasteiger partial charge in [0.2, 0.25) is 0 Å². The first kappa shape index (κ1) is 18.5. The molecule has 0 fully saturated rings. The Morgan fingerprint density at radius 2 is 1.90 bits per heavy atom. The van der Waals surface area contributed by atoms with E-state index in [-0.39, 0.29) is 23.1 Å². The molecule has 1 aromatic carbocycles. The van der Waals surface area contributed by atoms with Crippen molar-refractivity contribution >= 4 is 16.8 Å². The lowest BCUT2D eigenvalue weighted by molar-refractivity contribution is 0.0935. The molecular formula is C22H19N5O2. The predicted octanol–water partition coefficient (Wildman–Crippen LogP) is 3.18. The average molecular weight is 385 g/mol. The highest BCUT2D eigenvalue weighted by Gasteiger charge is 2.17. The lowest BCUT2D eigenvalue weighted by atomic mass is 10.1. The second-order valence-electron chi connectivity index (χ2n) is 6.76. The molecule has 0 aliphatic heterocycles. The number of nitrogens with zero attached hydrogens (tertiary/aromatic N) is 3. The number of benzene rings is 1. The molecule has 0 spiro atoms. The van der Waals surface area contributed by atoms with Gasteiger partial charge < -0.3 is 10.3 Å². The van der Waals surface area contributed by atoms with Crippen molar-refractivity contribution in [3.05, 3.63) is 88.2 Å². The fourth-order valence-electron chi connectivity index (χ4n) is 3.21. The van der Waals surface area contributed by atoms with Crippen LogP contribution in [0.25, 0.3) is 22.3 Å². The molecule has 7 heteroatoms. The highest BCUT2D eigenvalue weighted by Crippen LogP contribution is 2.20. The summed E-state index contributed by atoms with van der Waals surface area (Å²) in [6.07, 6.45) is 5.09. The standard InChI is InChI=1S/C22H19N5O2/c1-13-17(12-24-21(25-13)15-7-9-23-10-8-15)14(2)26-22(29)19-11-20(28)16-5-3-4-6-18(16)27-19/h3-12,14H,1-2H3,(H,26,29)(H,27,28). The summed E-state index contributed by atoms with van der Waals surface area (Å²) in [5.74, 6) is 0.240. The molecule has 4 rings (SSSR count). The smallest absolute Gasteiger partial charge is 0.268 e. The van der Waals surface area contributed by atoms with Crippen LogP contribution in [0.4, 0.5) is 0 Å². The fourth-order valence-corrected chi connectivity index (χ4v) is 3.21. The van der Waals surface area contributed by atoms with Crippen molar-refractivity contribution in [3.63, 3.8) is 0 Å². The van der Waals surface area contributed by atoms with Gasteiger partial charge in [-0.1, -0.05) is 12.1 Å². The summed E-state index contributed by atoms with van der Waals surface area (Å²) in [5.41, 5.74) is 3.09. The van der Waals surface area contributed by atoms with Gasteiger partial charge in [0.05, 0.1) is 6.04 Å². The first-order chi connectivity index (χ1) is 14.0. The number of hydrogen-bond donors (Lipinski definition) is 2. The minimum Gasteiger partial charge on any atom is -0.350 e. The number of rotatable bonds is 4. The van der Waals surface area contributed by atoms with Crippen molar-refractivity contribution in [1.82, 2.24) is 25.3 Å². The first-order valence-electron chi connectivity index (χ1n) is 9.20. The van der Waals surface area contributed by atoms with Crippen LogP contribution in [0.1, 0.15) is 34.7 Å². The molecule has 0 aliphatic carbocycles. The lowest BCUT2D eigenvalue weighted by Gasteiger charge is -2.16. The zero-order chi connectivity index (χ0) is 20.4. The van der Waals surface area contributed by atoms with E-state index < -0.39 is 0 Å². The van der Waals surface area contributed by atoms with Crippen LogP contribution in [0.5, 0.6) is 0 Å². The first-order valence-corrected chi connectivity index (χ1v) is 9.20. The van der Waals surface area contributed by atoms with E-state index in [1.807, 2.05) is 32.0 Å². The summed E-state index contributed by atoms with van der Waals surface area (Å²) >= 11 is 0. The third-order valence-electron chi connectivity index (χ3n) is 4.75. The van der Waals surface area contributed by atoms with Gasteiger partial charge in [-0.25, -0.2) is 9.97 Å². The molecule has 7 nitrogen and oxygen atoms in total. The molecule has 4 aromatic rings. The largest absolute Gasteiger partial charge is 0.350 e. The topological polar surface area (TPSA) is 101 Å². The molecule has 29 heavy (non-hydrogen) atoms. The molecule has 1 unspecified atom stereocenters. The van der Waals surface area contributed by atoms with Crippen LogP contribution in [0.15, 0.2) is 65.8 Å². The normalized spacial score (nSPS) is 11.9. The number of aryl methyl sites for hydroxylation is 1. The average Bonchev–Trinajstić information content (AvgIpc) is 2.74. The van der Waals surface area contributed by atoms with Gasteiger partial charge in [-0.2, -0.15) is 0 Å². The minimum absolute atomic E-state index is 0.196. The van der Waals surface area contributed by atoms with Gasteiger partial charge in [0.25, 0.3) is 5.91 Å². The third-order valence-corrected chi connectivity index (χ3v) is 4.75. The van der Waals surface area contributed by atoms with Crippen molar-refractivity contribution in [2.75, 3.05) is 0 Å². The van der Waals surface area contributed by atoms with Crippen LogP contribution in [-0.4, -0.2) is 25.8 Å². The highest BCUT2D eigenvalue weighted by molar-refractivity contribution is 5.95. The summed E-state index contributed by atoms with van der Waals surface area (Å²) in [6, 6.07) is 11.8. The van der Waals surface area contributed by atoms with Gasteiger partial charge in [0.1, 0.15) is 5.69 Å². The van der Waals surface area contributed by atoms with E-state index in [0.717, 1.165) is 16.8 Å². The van der Waals surface area contributed by atoms with E-state index in [9.17, 15) is 9.59 Å². The molecule has 3 aromatic heterocycles. The second kappa shape index (κ2) is 7.63.